The minimum atomic E-state index is 0.0606. The van der Waals surface area contributed by atoms with Gasteiger partial charge in [-0.05, 0) is 99.8 Å². The van der Waals surface area contributed by atoms with E-state index in [2.05, 4.69) is 33.0 Å². The van der Waals surface area contributed by atoms with E-state index in [-0.39, 0.29) is 5.60 Å². The van der Waals surface area contributed by atoms with E-state index in [0.717, 1.165) is 55.4 Å². The van der Waals surface area contributed by atoms with Gasteiger partial charge in [0.1, 0.15) is 5.78 Å². The molecule has 1 N–H and O–H groups in total. The third-order valence-electron chi connectivity index (χ3n) is 11.1. The molecule has 31 heavy (non-hydrogen) atoms. The molecule has 172 valence electrons. The molecule has 6 aliphatic rings. The average molecular weight is 426 g/mol. The molecule has 3 nitrogen and oxygen atoms in total. The SMILES string of the molecule is CC1=C2C[C@@H]3C4C(C)CC(=O)CC4CC[C@H]3[C@@H]2CC[C@@]2(C1)O[C@@H]1C[C@H](C)CN[C@H]1[C@H]2C. The maximum absolute atomic E-state index is 12.2. The fraction of sp³-hybridized carbons (Fsp3) is 0.893. The van der Waals surface area contributed by atoms with Crippen LogP contribution < -0.4 is 5.32 Å². The molecule has 1 spiro atoms. The summed E-state index contributed by atoms with van der Waals surface area (Å²) in [4.78, 5) is 12.2. The summed E-state index contributed by atoms with van der Waals surface area (Å²) in [6, 6.07) is 0.552. The molecule has 2 saturated heterocycles. The molecule has 0 amide bonds. The van der Waals surface area contributed by atoms with Gasteiger partial charge in [-0.2, -0.15) is 0 Å². The Morgan fingerprint density at radius 3 is 2.71 bits per heavy atom. The second kappa shape index (κ2) is 7.42. The van der Waals surface area contributed by atoms with Gasteiger partial charge in [0.05, 0.1) is 11.7 Å². The van der Waals surface area contributed by atoms with Crippen molar-refractivity contribution in [1.29, 1.82) is 0 Å². The topological polar surface area (TPSA) is 38.3 Å². The van der Waals surface area contributed by atoms with Gasteiger partial charge >= 0.3 is 0 Å². The first-order chi connectivity index (χ1) is 14.9. The number of Topliss-reactive ketones (excluding diaryl/α,β-unsaturated/α-hetero) is 1. The summed E-state index contributed by atoms with van der Waals surface area (Å²) >= 11 is 0. The highest BCUT2D eigenvalue weighted by molar-refractivity contribution is 5.79. The second-order valence-electron chi connectivity index (χ2n) is 12.8. The molecule has 6 rings (SSSR count). The van der Waals surface area contributed by atoms with Crippen molar-refractivity contribution in [2.24, 2.45) is 47.3 Å². The number of piperidine rings is 1. The smallest absolute Gasteiger partial charge is 0.133 e. The van der Waals surface area contributed by atoms with Crippen molar-refractivity contribution in [3.8, 4) is 0 Å². The monoisotopic (exact) mass is 425 g/mol. The summed E-state index contributed by atoms with van der Waals surface area (Å²) in [5.74, 6) is 6.46. The lowest BCUT2D eigenvalue weighted by Gasteiger charge is -2.47. The Bertz CT molecular complexity index is 788. The minimum Gasteiger partial charge on any atom is -0.369 e. The van der Waals surface area contributed by atoms with E-state index in [1.165, 1.54) is 38.5 Å². The zero-order valence-corrected chi connectivity index (χ0v) is 20.2. The Labute approximate surface area is 189 Å². The summed E-state index contributed by atoms with van der Waals surface area (Å²) in [6.45, 7) is 10.8. The number of ether oxygens (including phenoxy) is 1. The van der Waals surface area contributed by atoms with Crippen LogP contribution >= 0.6 is 0 Å². The molecule has 11 atom stereocenters. The number of ketones is 1. The quantitative estimate of drug-likeness (QED) is 0.518. The number of carbonyl (C=O) groups excluding carboxylic acids is 1. The first-order valence-electron chi connectivity index (χ1n) is 13.5. The second-order valence-corrected chi connectivity index (χ2v) is 12.8. The molecule has 4 aliphatic carbocycles. The molecular formula is C28H43NO2. The summed E-state index contributed by atoms with van der Waals surface area (Å²) in [5, 5.41) is 3.85. The number of allylic oxidation sites excluding steroid dienone is 1. The van der Waals surface area contributed by atoms with Crippen LogP contribution in [-0.2, 0) is 9.53 Å². The van der Waals surface area contributed by atoms with E-state index in [1.807, 2.05) is 5.57 Å². The number of carbonyl (C=O) groups is 1. The molecule has 5 fully saturated rings. The number of rotatable bonds is 0. The van der Waals surface area contributed by atoms with Crippen molar-refractivity contribution in [3.05, 3.63) is 11.1 Å². The van der Waals surface area contributed by atoms with Gasteiger partial charge in [-0.1, -0.05) is 31.9 Å². The standard InChI is InChI=1S/C28H43NO2/c1-15-9-25-27(29-14-15)18(4)28(31-25)8-7-22-21-6-5-19-11-20(30)10-16(2)26(19)24(21)12-23(22)17(3)13-28/h15-16,18-19,21-22,24-27,29H,5-14H2,1-4H3/t15-,16?,18+,19?,21-,22-,24-,25+,26?,27-,28-/m0/s1. The van der Waals surface area contributed by atoms with Crippen LogP contribution in [0.3, 0.4) is 0 Å². The average Bonchev–Trinajstić information content (AvgIpc) is 3.16. The van der Waals surface area contributed by atoms with E-state index in [9.17, 15) is 4.79 Å². The van der Waals surface area contributed by atoms with E-state index in [4.69, 9.17) is 4.74 Å². The molecule has 0 radical (unpaired) electrons. The molecule has 3 unspecified atom stereocenters. The highest BCUT2D eigenvalue weighted by atomic mass is 16.5. The van der Waals surface area contributed by atoms with Crippen LogP contribution in [0.4, 0.5) is 0 Å². The molecule has 0 bridgehead atoms. The Kier molecular flexibility index (Phi) is 5.00. The predicted molar refractivity (Wildman–Crippen MR) is 124 cm³/mol. The Hall–Kier alpha value is -0.670. The van der Waals surface area contributed by atoms with Crippen LogP contribution in [0.1, 0.15) is 85.5 Å². The molecular weight excluding hydrogens is 382 g/mol. The summed E-state index contributed by atoms with van der Waals surface area (Å²) in [5.41, 5.74) is 3.56. The van der Waals surface area contributed by atoms with Gasteiger partial charge in [0, 0.05) is 24.8 Å². The number of nitrogens with one attached hydrogen (secondary N) is 1. The number of fused-ring (bicyclic) bond motifs is 6. The van der Waals surface area contributed by atoms with Crippen LogP contribution in [-0.4, -0.2) is 30.1 Å². The van der Waals surface area contributed by atoms with Crippen LogP contribution in [0.2, 0.25) is 0 Å². The van der Waals surface area contributed by atoms with Crippen molar-refractivity contribution in [1.82, 2.24) is 5.32 Å². The highest BCUT2D eigenvalue weighted by Crippen LogP contribution is 2.61. The van der Waals surface area contributed by atoms with Crippen molar-refractivity contribution < 1.29 is 9.53 Å². The third-order valence-corrected chi connectivity index (χ3v) is 11.1. The lowest BCUT2D eigenvalue weighted by molar-refractivity contribution is -0.127. The van der Waals surface area contributed by atoms with E-state index in [1.54, 1.807) is 5.57 Å². The maximum Gasteiger partial charge on any atom is 0.133 e. The molecule has 3 saturated carbocycles. The van der Waals surface area contributed by atoms with Gasteiger partial charge in [0.15, 0.2) is 0 Å². The lowest BCUT2D eigenvalue weighted by Crippen LogP contribution is -2.48. The normalized spacial score (nSPS) is 54.3. The zero-order valence-electron chi connectivity index (χ0n) is 20.2. The van der Waals surface area contributed by atoms with Crippen molar-refractivity contribution in [3.63, 3.8) is 0 Å². The van der Waals surface area contributed by atoms with Gasteiger partial charge in [-0.25, -0.2) is 0 Å². The van der Waals surface area contributed by atoms with Gasteiger partial charge in [0.25, 0.3) is 0 Å². The van der Waals surface area contributed by atoms with Gasteiger partial charge in [-0.15, -0.1) is 0 Å². The van der Waals surface area contributed by atoms with E-state index in [0.29, 0.717) is 35.7 Å². The molecule has 2 heterocycles. The predicted octanol–water partition coefficient (Wildman–Crippen LogP) is 5.54. The Morgan fingerprint density at radius 1 is 1.03 bits per heavy atom. The number of hydrogen-bond acceptors (Lipinski definition) is 3. The van der Waals surface area contributed by atoms with Crippen molar-refractivity contribution in [2.45, 2.75) is 103 Å². The summed E-state index contributed by atoms with van der Waals surface area (Å²) in [6.07, 6.45) is 11.1. The van der Waals surface area contributed by atoms with Crippen LogP contribution in [0.15, 0.2) is 11.1 Å². The molecule has 0 aromatic rings. The van der Waals surface area contributed by atoms with Gasteiger partial charge in [-0.3, -0.25) is 4.79 Å². The Morgan fingerprint density at radius 2 is 1.87 bits per heavy atom. The fourth-order valence-electron chi connectivity index (χ4n) is 9.76. The third kappa shape index (κ3) is 3.15. The summed E-state index contributed by atoms with van der Waals surface area (Å²) < 4.78 is 7.01. The first kappa shape index (κ1) is 20.9. The largest absolute Gasteiger partial charge is 0.369 e. The van der Waals surface area contributed by atoms with Crippen molar-refractivity contribution >= 4 is 5.78 Å². The number of hydrogen-bond donors (Lipinski definition) is 1. The fourth-order valence-corrected chi connectivity index (χ4v) is 9.76. The van der Waals surface area contributed by atoms with Gasteiger partial charge < -0.3 is 10.1 Å². The molecule has 2 aliphatic heterocycles. The minimum absolute atomic E-state index is 0.0606. The maximum atomic E-state index is 12.2. The molecule has 0 aromatic carbocycles. The highest BCUT2D eigenvalue weighted by Gasteiger charge is 2.57. The molecule has 0 aromatic heterocycles. The Balaban J connectivity index is 1.27. The zero-order chi connectivity index (χ0) is 21.5. The van der Waals surface area contributed by atoms with E-state index >= 15 is 0 Å². The molecule has 3 heteroatoms. The van der Waals surface area contributed by atoms with Crippen LogP contribution in [0.25, 0.3) is 0 Å². The summed E-state index contributed by atoms with van der Waals surface area (Å²) in [7, 11) is 0. The van der Waals surface area contributed by atoms with E-state index < -0.39 is 0 Å². The van der Waals surface area contributed by atoms with Gasteiger partial charge in [0.2, 0.25) is 0 Å². The van der Waals surface area contributed by atoms with Crippen molar-refractivity contribution in [2.75, 3.05) is 6.54 Å². The first-order valence-corrected chi connectivity index (χ1v) is 13.5. The van der Waals surface area contributed by atoms with Crippen LogP contribution in [0, 0.1) is 47.3 Å². The van der Waals surface area contributed by atoms with Crippen LogP contribution in [0.5, 0.6) is 0 Å². The lowest BCUT2D eigenvalue weighted by atomic mass is 9.57.